The van der Waals surface area contributed by atoms with E-state index >= 15 is 0 Å². The molecule has 0 saturated carbocycles. The van der Waals surface area contributed by atoms with Gasteiger partial charge in [0.05, 0.1) is 141 Å². The normalized spacial score (nSPS) is 18.6. The van der Waals surface area contributed by atoms with Crippen molar-refractivity contribution in [3.8, 4) is 11.5 Å². The van der Waals surface area contributed by atoms with Crippen molar-refractivity contribution in [3.63, 3.8) is 0 Å². The molecule has 2 saturated heterocycles. The van der Waals surface area contributed by atoms with Crippen molar-refractivity contribution in [2.24, 2.45) is 0 Å². The van der Waals surface area contributed by atoms with E-state index in [1.807, 2.05) is 12.1 Å². The van der Waals surface area contributed by atoms with E-state index in [1.165, 1.54) is 60.8 Å². The lowest BCUT2D eigenvalue weighted by molar-refractivity contribution is -0.123. The second kappa shape index (κ2) is 40.1. The number of carbonyl (C=O) groups excluding carboxylic acids is 2. The zero-order valence-electron chi connectivity index (χ0n) is 52.7. The van der Waals surface area contributed by atoms with E-state index < -0.39 is 20.0 Å². The number of rotatable bonds is 46. The smallest absolute Gasteiger partial charge is 0.240 e. The Morgan fingerprint density at radius 2 is 0.681 bits per heavy atom. The van der Waals surface area contributed by atoms with Crippen LogP contribution in [-0.2, 0) is 85.1 Å². The van der Waals surface area contributed by atoms with E-state index in [0.717, 1.165) is 39.0 Å². The second-order valence-corrected chi connectivity index (χ2v) is 26.2. The molecule has 25 heteroatoms. The third-order valence-electron chi connectivity index (χ3n) is 16.2. The molecule has 2 aliphatic heterocycles. The quantitative estimate of drug-likeness (QED) is 0.0416. The summed E-state index contributed by atoms with van der Waals surface area (Å²) in [5.41, 5.74) is 5.02. The number of carbonyl (C=O) groups is 2. The van der Waals surface area contributed by atoms with Crippen LogP contribution in [0.1, 0.15) is 85.8 Å². The molecular formula is C66H96N6O17S2. The van der Waals surface area contributed by atoms with Gasteiger partial charge < -0.3 is 62.7 Å². The van der Waals surface area contributed by atoms with Gasteiger partial charge in [0.15, 0.2) is 0 Å². The number of sulfonamides is 2. The molecule has 2 amide bonds. The van der Waals surface area contributed by atoms with E-state index in [4.69, 9.17) is 52.1 Å². The van der Waals surface area contributed by atoms with Gasteiger partial charge in [0.25, 0.3) is 0 Å². The zero-order chi connectivity index (χ0) is 63.6. The first-order valence-corrected chi connectivity index (χ1v) is 35.4. The number of nitrogens with zero attached hydrogens (tertiary/aromatic N) is 2. The lowest BCUT2D eigenvalue weighted by Gasteiger charge is -2.35. The summed E-state index contributed by atoms with van der Waals surface area (Å²) in [5.74, 6) is 0.966. The molecule has 2 aliphatic carbocycles. The molecule has 8 rings (SSSR count). The van der Waals surface area contributed by atoms with Gasteiger partial charge in [0.1, 0.15) is 23.7 Å². The van der Waals surface area contributed by atoms with E-state index in [2.05, 4.69) is 66.3 Å². The predicted molar refractivity (Wildman–Crippen MR) is 341 cm³/mol. The Morgan fingerprint density at radius 3 is 1.03 bits per heavy atom. The Balaban J connectivity index is 0.513. The van der Waals surface area contributed by atoms with Crippen molar-refractivity contribution in [1.29, 1.82) is 0 Å². The molecule has 4 aliphatic rings. The highest BCUT2D eigenvalue weighted by atomic mass is 32.2. The second-order valence-electron chi connectivity index (χ2n) is 22.7. The molecule has 4 aromatic carbocycles. The number of piperidine rings is 2. The standard InChI is InChI=1S/C66H96N6O17S2/c73-63(67-25-35-81-41-43-83-37-27-69-90(75,76)57-19-15-55(16-20-57)88-65-59-13-5-3-11-53(59)51-61(65)71-29-7-1-8-30-71)23-33-79-39-45-85-47-49-87-50-48-86-46-40-80-34-24-64(74)68-26-36-82-42-44-84-38-28-70-91(77,78)58-21-17-56(18-22-58)89-66-60-14-6-4-12-54(60)52-62(66)72-31-9-2-10-32-72/h3-6,11-22,61-62,65-66,69-70H,1-2,7-10,23-52H2,(H,67,73)(H,68,74). The first-order valence-electron chi connectivity index (χ1n) is 32.4. The minimum absolute atomic E-state index is 0.105. The maximum Gasteiger partial charge on any atom is 0.240 e. The Labute approximate surface area is 538 Å². The van der Waals surface area contributed by atoms with Gasteiger partial charge in [-0.2, -0.15) is 0 Å². The molecule has 91 heavy (non-hydrogen) atoms. The van der Waals surface area contributed by atoms with Crippen molar-refractivity contribution in [2.75, 3.05) is 171 Å². The van der Waals surface area contributed by atoms with Crippen LogP contribution in [0.3, 0.4) is 0 Å². The van der Waals surface area contributed by atoms with Gasteiger partial charge >= 0.3 is 0 Å². The summed E-state index contributed by atoms with van der Waals surface area (Å²) >= 11 is 0. The zero-order valence-corrected chi connectivity index (χ0v) is 54.3. The van der Waals surface area contributed by atoms with Crippen molar-refractivity contribution >= 4 is 31.9 Å². The Hall–Kier alpha value is -5.20. The SMILES string of the molecule is O=C(CCOCCOCCOCCOCCOCCC(=O)NCCOCCOCCNS(=O)(=O)c1ccc(OC2c3ccccc3CC2N2CCCCC2)cc1)NCCOCCOCCNS(=O)(=O)c1ccc(OC2c3ccccc3CC2N2CCCCC2)cc1. The number of likely N-dealkylation sites (tertiary alicyclic amines) is 2. The molecule has 4 atom stereocenters. The average molecular weight is 1310 g/mol. The number of benzene rings is 4. The Kier molecular flexibility index (Phi) is 31.6. The Bertz CT molecular complexity index is 2760. The highest BCUT2D eigenvalue weighted by molar-refractivity contribution is 7.89. The maximum absolute atomic E-state index is 13.0. The van der Waals surface area contributed by atoms with E-state index in [9.17, 15) is 26.4 Å². The van der Waals surface area contributed by atoms with Crippen LogP contribution < -0.4 is 29.6 Å². The van der Waals surface area contributed by atoms with Gasteiger partial charge in [-0.3, -0.25) is 19.4 Å². The summed E-state index contributed by atoms with van der Waals surface area (Å²) in [6, 6.07) is 30.6. The van der Waals surface area contributed by atoms with Crippen molar-refractivity contribution in [1.82, 2.24) is 29.9 Å². The molecule has 504 valence electrons. The molecule has 0 radical (unpaired) electrons. The molecule has 2 fully saturated rings. The first-order chi connectivity index (χ1) is 44.5. The minimum atomic E-state index is -3.74. The Morgan fingerprint density at radius 1 is 0.374 bits per heavy atom. The van der Waals surface area contributed by atoms with Crippen LogP contribution in [0.15, 0.2) is 107 Å². The molecule has 4 unspecified atom stereocenters. The summed E-state index contributed by atoms with van der Waals surface area (Å²) in [6.45, 7) is 10.8. The summed E-state index contributed by atoms with van der Waals surface area (Å²) in [7, 11) is -7.48. The van der Waals surface area contributed by atoms with Crippen molar-refractivity contribution < 1.29 is 78.5 Å². The molecule has 0 bridgehead atoms. The molecule has 2 heterocycles. The van der Waals surface area contributed by atoms with Gasteiger partial charge in [-0.15, -0.1) is 0 Å². The highest BCUT2D eigenvalue weighted by Gasteiger charge is 2.40. The fraction of sp³-hybridized carbons (Fsp3) is 0.606. The van der Waals surface area contributed by atoms with Crippen LogP contribution in [0.4, 0.5) is 0 Å². The lowest BCUT2D eigenvalue weighted by atomic mass is 10.0. The fourth-order valence-corrected chi connectivity index (χ4v) is 13.5. The lowest BCUT2D eigenvalue weighted by Crippen LogP contribution is -2.43. The van der Waals surface area contributed by atoms with Crippen LogP contribution in [-0.4, -0.2) is 222 Å². The van der Waals surface area contributed by atoms with Gasteiger partial charge in [0.2, 0.25) is 31.9 Å². The molecule has 4 aromatic rings. The minimum Gasteiger partial charge on any atom is -0.484 e. The van der Waals surface area contributed by atoms with Crippen molar-refractivity contribution in [2.45, 2.75) is 98.3 Å². The van der Waals surface area contributed by atoms with Gasteiger partial charge in [0, 0.05) is 39.0 Å². The highest BCUT2D eigenvalue weighted by Crippen LogP contribution is 2.41. The van der Waals surface area contributed by atoms with Gasteiger partial charge in [-0.25, -0.2) is 26.3 Å². The van der Waals surface area contributed by atoms with Crippen LogP contribution in [0.25, 0.3) is 0 Å². The molecule has 4 N–H and O–H groups in total. The van der Waals surface area contributed by atoms with E-state index in [1.54, 1.807) is 48.5 Å². The maximum atomic E-state index is 13.0. The number of nitrogens with one attached hydrogen (secondary N) is 4. The number of hydrogen-bond donors (Lipinski definition) is 4. The number of fused-ring (bicyclic) bond motifs is 2. The summed E-state index contributed by atoms with van der Waals surface area (Å²) in [4.78, 5) is 29.7. The van der Waals surface area contributed by atoms with Gasteiger partial charge in [-0.1, -0.05) is 61.4 Å². The monoisotopic (exact) mass is 1310 g/mol. The molecule has 0 spiro atoms. The fourth-order valence-electron chi connectivity index (χ4n) is 11.5. The van der Waals surface area contributed by atoms with E-state index in [-0.39, 0.29) is 111 Å². The van der Waals surface area contributed by atoms with E-state index in [0.29, 0.717) is 104 Å². The third kappa shape index (κ3) is 24.9. The first kappa shape index (κ1) is 71.6. The van der Waals surface area contributed by atoms with Crippen LogP contribution in [0.2, 0.25) is 0 Å². The predicted octanol–water partition coefficient (Wildman–Crippen LogP) is 5.17. The third-order valence-corrected chi connectivity index (χ3v) is 19.1. The van der Waals surface area contributed by atoms with Crippen LogP contribution in [0.5, 0.6) is 11.5 Å². The summed E-state index contributed by atoms with van der Waals surface area (Å²) in [5, 5.41) is 5.57. The summed E-state index contributed by atoms with van der Waals surface area (Å²) in [6.07, 6.45) is 9.41. The summed E-state index contributed by atoms with van der Waals surface area (Å²) < 4.78 is 120. The molecule has 23 nitrogen and oxygen atoms in total. The van der Waals surface area contributed by atoms with Crippen LogP contribution in [0, 0.1) is 0 Å². The van der Waals surface area contributed by atoms with Gasteiger partial charge in [-0.05, 0) is 135 Å². The molecule has 0 aromatic heterocycles. The largest absolute Gasteiger partial charge is 0.484 e. The number of ether oxygens (including phenoxy) is 11. The average Bonchev–Trinajstić information content (AvgIpc) is 1.71. The topological polar surface area (TPSA) is 259 Å². The van der Waals surface area contributed by atoms with Crippen LogP contribution >= 0.6 is 0 Å². The number of hydrogen-bond acceptors (Lipinski definition) is 19. The van der Waals surface area contributed by atoms with Crippen molar-refractivity contribution in [3.05, 3.63) is 119 Å². The number of amides is 2. The molecular weight excluding hydrogens is 1210 g/mol.